The Bertz CT molecular complexity index is 1120. The van der Waals surface area contributed by atoms with Crippen LogP contribution in [-0.2, 0) is 16.0 Å². The zero-order chi connectivity index (χ0) is 24.2. The lowest BCUT2D eigenvalue weighted by atomic mass is 10.4. The Kier molecular flexibility index (Phi) is 10.4. The monoisotopic (exact) mass is 515 g/mol. The largest absolute Gasteiger partial charge is 0.450 e. The number of carbonyl (C=O) groups is 2. The molecule has 0 fully saturated rings. The molecule has 0 unspecified atom stereocenters. The van der Waals surface area contributed by atoms with E-state index in [0.717, 1.165) is 0 Å². The minimum absolute atomic E-state index is 0.144. The van der Waals surface area contributed by atoms with E-state index in [4.69, 9.17) is 40.2 Å². The summed E-state index contributed by atoms with van der Waals surface area (Å²) in [6.07, 6.45) is 4.88. The Balaban J connectivity index is 0.000000234. The van der Waals surface area contributed by atoms with Gasteiger partial charge < -0.3 is 14.8 Å². The number of amides is 2. The van der Waals surface area contributed by atoms with E-state index in [1.54, 1.807) is 20.0 Å². The highest BCUT2D eigenvalue weighted by molar-refractivity contribution is 7.80. The van der Waals surface area contributed by atoms with Crippen molar-refractivity contribution < 1.29 is 19.1 Å². The lowest BCUT2D eigenvalue weighted by Crippen LogP contribution is -2.39. The summed E-state index contributed by atoms with van der Waals surface area (Å²) < 4.78 is 10.9. The molecule has 0 bridgehead atoms. The average molecular weight is 516 g/mol. The fraction of sp³-hybridized carbons (Fsp3) is 0.294. The van der Waals surface area contributed by atoms with Crippen LogP contribution in [0.15, 0.2) is 24.8 Å². The second-order valence-corrected chi connectivity index (χ2v) is 6.73. The van der Waals surface area contributed by atoms with Crippen molar-refractivity contribution in [2.45, 2.75) is 20.4 Å². The van der Waals surface area contributed by atoms with Crippen LogP contribution in [0.3, 0.4) is 0 Å². The van der Waals surface area contributed by atoms with Crippen LogP contribution in [0.5, 0.6) is 0 Å². The van der Waals surface area contributed by atoms with Crippen LogP contribution in [0.2, 0.25) is 10.3 Å². The van der Waals surface area contributed by atoms with Crippen LogP contribution in [0.4, 0.5) is 15.5 Å². The molecule has 3 aromatic heterocycles. The second kappa shape index (κ2) is 13.2. The summed E-state index contributed by atoms with van der Waals surface area (Å²) in [5.74, 6) is 0.234. The van der Waals surface area contributed by atoms with Crippen LogP contribution in [0.1, 0.15) is 19.5 Å². The van der Waals surface area contributed by atoms with Crippen molar-refractivity contribution in [2.24, 2.45) is 0 Å². The first kappa shape index (κ1) is 25.9. The number of alkyl carbamates (subject to hydrolysis) is 1. The number of nitrogens with one attached hydrogen (secondary N) is 3. The molecular formula is C17H19Cl2N9O4S. The molecule has 3 rings (SSSR count). The van der Waals surface area contributed by atoms with Crippen molar-refractivity contribution >= 4 is 64.3 Å². The summed E-state index contributed by atoms with van der Waals surface area (Å²) in [5.41, 5.74) is 0.915. The van der Waals surface area contributed by atoms with E-state index in [-0.39, 0.29) is 36.0 Å². The maximum absolute atomic E-state index is 11.2. The highest BCUT2D eigenvalue weighted by Crippen LogP contribution is 2.14. The zero-order valence-electron chi connectivity index (χ0n) is 17.4. The van der Waals surface area contributed by atoms with Crippen LogP contribution in [0, 0.1) is 0 Å². The number of nitrogens with zero attached hydrogens (tertiary/aromatic N) is 6. The Labute approximate surface area is 203 Å². The molecule has 16 heteroatoms. The summed E-state index contributed by atoms with van der Waals surface area (Å²) in [6.45, 7) is 4.25. The fourth-order valence-corrected chi connectivity index (χ4v) is 2.59. The summed E-state index contributed by atoms with van der Waals surface area (Å²) >= 11 is 16.5. The smallest absolute Gasteiger partial charge is 0.414 e. The molecular weight excluding hydrogens is 497 g/mol. The number of anilines is 1. The predicted octanol–water partition coefficient (Wildman–Crippen LogP) is 2.60. The third-order valence-electron chi connectivity index (χ3n) is 3.40. The number of rotatable bonds is 5. The molecule has 0 saturated heterocycles. The molecule has 176 valence electrons. The first-order valence-electron chi connectivity index (χ1n) is 9.31. The van der Waals surface area contributed by atoms with Gasteiger partial charge in [-0.15, -0.1) is 10.2 Å². The van der Waals surface area contributed by atoms with Crippen molar-refractivity contribution in [2.75, 3.05) is 18.5 Å². The molecule has 0 aliphatic heterocycles. The van der Waals surface area contributed by atoms with Crippen molar-refractivity contribution in [3.05, 3.63) is 40.8 Å². The number of hydrogen-bond acceptors (Lipinski definition) is 10. The van der Waals surface area contributed by atoms with Gasteiger partial charge in [0.2, 0.25) is 5.95 Å². The molecule has 2 amide bonds. The summed E-state index contributed by atoms with van der Waals surface area (Å²) in [4.78, 5) is 33.9. The third kappa shape index (κ3) is 8.25. The van der Waals surface area contributed by atoms with Gasteiger partial charge in [-0.2, -0.15) is 0 Å². The first-order chi connectivity index (χ1) is 15.8. The molecule has 13 nitrogen and oxygen atoms in total. The number of fused-ring (bicyclic) bond motifs is 1. The highest BCUT2D eigenvalue weighted by Gasteiger charge is 2.11. The van der Waals surface area contributed by atoms with E-state index in [1.807, 2.05) is 0 Å². The molecule has 3 heterocycles. The van der Waals surface area contributed by atoms with Gasteiger partial charge in [0.05, 0.1) is 25.5 Å². The molecule has 0 aliphatic rings. The minimum atomic E-state index is -0.602. The number of ether oxygens (including phenoxy) is 2. The zero-order valence-corrected chi connectivity index (χ0v) is 19.7. The van der Waals surface area contributed by atoms with Crippen molar-refractivity contribution in [3.63, 3.8) is 0 Å². The van der Waals surface area contributed by atoms with E-state index >= 15 is 0 Å². The van der Waals surface area contributed by atoms with Crippen LogP contribution >= 0.6 is 35.4 Å². The second-order valence-electron chi connectivity index (χ2n) is 5.60. The maximum atomic E-state index is 11.2. The van der Waals surface area contributed by atoms with Gasteiger partial charge >= 0.3 is 12.2 Å². The number of thiocarbonyl (C=S) groups is 1. The molecule has 0 atom stereocenters. The van der Waals surface area contributed by atoms with Gasteiger partial charge in [0, 0.05) is 24.8 Å². The molecule has 3 N–H and O–H groups in total. The van der Waals surface area contributed by atoms with Crippen molar-refractivity contribution in [1.29, 1.82) is 0 Å². The maximum Gasteiger partial charge on any atom is 0.414 e. The molecule has 0 spiro atoms. The summed E-state index contributed by atoms with van der Waals surface area (Å²) in [7, 11) is 0. The van der Waals surface area contributed by atoms with E-state index in [1.165, 1.54) is 23.0 Å². The lowest BCUT2D eigenvalue weighted by Gasteiger charge is -2.09. The molecule has 0 radical (unpaired) electrons. The fourth-order valence-electron chi connectivity index (χ4n) is 2.08. The Morgan fingerprint density at radius 2 is 1.67 bits per heavy atom. The summed E-state index contributed by atoms with van der Waals surface area (Å²) in [6, 6.07) is 0. The highest BCUT2D eigenvalue weighted by atomic mass is 35.5. The minimum Gasteiger partial charge on any atom is -0.450 e. The Morgan fingerprint density at radius 3 is 2.36 bits per heavy atom. The quantitative estimate of drug-likeness (QED) is 0.428. The molecule has 33 heavy (non-hydrogen) atoms. The predicted molar refractivity (Wildman–Crippen MR) is 123 cm³/mol. The van der Waals surface area contributed by atoms with Crippen LogP contribution in [0.25, 0.3) is 5.65 Å². The first-order valence-corrected chi connectivity index (χ1v) is 10.5. The SMILES string of the molecule is CCOC(=O)NC(=S)NCc1nccnc1Cl.CCOC(=O)Nc1nnc2c(Cl)nccn12. The van der Waals surface area contributed by atoms with Gasteiger partial charge in [-0.1, -0.05) is 23.2 Å². The standard InChI is InChI=1S/C9H11ClN4O2S.C8H8ClN5O2/c1-2-16-9(15)14-8(17)13-5-6-7(10)12-4-3-11-6;1-2-16-8(15)11-7-13-12-6-5(9)10-3-4-14(6)7/h3-4H,2,5H2,1H3,(H2,13,14,15,17);3-4H,2H2,1H3,(H,11,13,15). The molecule has 0 saturated carbocycles. The molecule has 3 aromatic rings. The van der Waals surface area contributed by atoms with Crippen LogP contribution < -0.4 is 16.0 Å². The van der Waals surface area contributed by atoms with E-state index in [2.05, 4.69) is 45.8 Å². The van der Waals surface area contributed by atoms with Gasteiger partial charge in [0.25, 0.3) is 0 Å². The number of hydrogen-bond donors (Lipinski definition) is 3. The van der Waals surface area contributed by atoms with Gasteiger partial charge in [0.15, 0.2) is 21.1 Å². The van der Waals surface area contributed by atoms with E-state index in [9.17, 15) is 9.59 Å². The van der Waals surface area contributed by atoms with Gasteiger partial charge in [-0.3, -0.25) is 20.0 Å². The van der Waals surface area contributed by atoms with Gasteiger partial charge in [0.1, 0.15) is 0 Å². The van der Waals surface area contributed by atoms with Gasteiger partial charge in [-0.05, 0) is 26.1 Å². The Morgan fingerprint density at radius 1 is 1.00 bits per heavy atom. The molecule has 0 aromatic carbocycles. The van der Waals surface area contributed by atoms with Crippen LogP contribution in [-0.4, -0.2) is 60.1 Å². The summed E-state index contributed by atoms with van der Waals surface area (Å²) in [5, 5.41) is 15.7. The van der Waals surface area contributed by atoms with Gasteiger partial charge in [-0.25, -0.2) is 19.6 Å². The average Bonchev–Trinajstić information content (AvgIpc) is 3.18. The van der Waals surface area contributed by atoms with Crippen molar-refractivity contribution in [3.8, 4) is 0 Å². The normalized spacial score (nSPS) is 9.94. The van der Waals surface area contributed by atoms with E-state index < -0.39 is 12.2 Å². The topological polar surface area (TPSA) is 158 Å². The number of carbonyl (C=O) groups excluding carboxylic acids is 2. The van der Waals surface area contributed by atoms with E-state index in [0.29, 0.717) is 16.5 Å². The Hall–Kier alpha value is -3.36. The molecule has 0 aliphatic carbocycles. The third-order valence-corrected chi connectivity index (χ3v) is 4.23. The van der Waals surface area contributed by atoms with Crippen molar-refractivity contribution in [1.82, 2.24) is 40.2 Å². The number of halogens is 2. The number of aromatic nitrogens is 6. The lowest BCUT2D eigenvalue weighted by molar-refractivity contribution is 0.157.